The first kappa shape index (κ1) is 14.5. The molecule has 0 saturated carbocycles. The van der Waals surface area contributed by atoms with Crippen LogP contribution in [0.5, 0.6) is 0 Å². The topological polar surface area (TPSA) is 66.8 Å². The number of amides is 2. The van der Waals surface area contributed by atoms with Gasteiger partial charge in [0.05, 0.1) is 18.1 Å². The number of nitrogens with zero attached hydrogens (tertiary/aromatic N) is 1. The van der Waals surface area contributed by atoms with Crippen molar-refractivity contribution in [1.29, 1.82) is 0 Å². The first-order valence-corrected chi connectivity index (χ1v) is 6.72. The Balaban J connectivity index is 2.13. The molecular formula is C15H19NO4. The van der Waals surface area contributed by atoms with Gasteiger partial charge in [-0.25, -0.2) is 9.69 Å². The Hall–Kier alpha value is -1.88. The van der Waals surface area contributed by atoms with Gasteiger partial charge in [0.25, 0.3) is 0 Å². The Morgan fingerprint density at radius 1 is 1.40 bits per heavy atom. The second kappa shape index (κ2) is 6.05. The van der Waals surface area contributed by atoms with Crippen molar-refractivity contribution >= 4 is 12.0 Å². The van der Waals surface area contributed by atoms with Gasteiger partial charge in [-0.05, 0) is 18.9 Å². The van der Waals surface area contributed by atoms with Gasteiger partial charge in [-0.2, -0.15) is 0 Å². The lowest BCUT2D eigenvalue weighted by molar-refractivity contribution is -0.135. The summed E-state index contributed by atoms with van der Waals surface area (Å²) in [6.45, 7) is 3.35. The molecule has 1 aliphatic heterocycles. The van der Waals surface area contributed by atoms with Crippen LogP contribution < -0.4 is 0 Å². The summed E-state index contributed by atoms with van der Waals surface area (Å²) in [6.07, 6.45) is -0.859. The predicted molar refractivity (Wildman–Crippen MR) is 73.0 cm³/mol. The zero-order valence-electron chi connectivity index (χ0n) is 11.7. The molecule has 1 heterocycles. The normalized spacial score (nSPS) is 21.4. The van der Waals surface area contributed by atoms with Gasteiger partial charge in [-0.15, -0.1) is 0 Å². The van der Waals surface area contributed by atoms with E-state index in [0.717, 1.165) is 10.5 Å². The Morgan fingerprint density at radius 3 is 2.65 bits per heavy atom. The summed E-state index contributed by atoms with van der Waals surface area (Å²) in [6, 6.07) is 9.33. The van der Waals surface area contributed by atoms with Crippen LogP contribution in [0.1, 0.15) is 19.4 Å². The van der Waals surface area contributed by atoms with Crippen molar-refractivity contribution in [2.24, 2.45) is 5.92 Å². The van der Waals surface area contributed by atoms with Crippen LogP contribution in [0.25, 0.3) is 0 Å². The third-order valence-electron chi connectivity index (χ3n) is 3.63. The summed E-state index contributed by atoms with van der Waals surface area (Å²) in [7, 11) is 0. The molecule has 1 fully saturated rings. The van der Waals surface area contributed by atoms with E-state index in [9.17, 15) is 14.7 Å². The SMILES string of the molecule is CC(O)C(C)C(=O)N1C(=O)OCC1Cc1ccccc1. The zero-order valence-corrected chi connectivity index (χ0v) is 11.7. The number of hydrogen-bond donors (Lipinski definition) is 1. The summed E-state index contributed by atoms with van der Waals surface area (Å²) >= 11 is 0. The smallest absolute Gasteiger partial charge is 0.416 e. The molecule has 1 N–H and O–H groups in total. The Labute approximate surface area is 118 Å². The van der Waals surface area contributed by atoms with Crippen molar-refractivity contribution in [3.05, 3.63) is 35.9 Å². The standard InChI is InChI=1S/C15H19NO4/c1-10(11(2)17)14(18)16-13(9-20-15(16)19)8-12-6-4-3-5-7-12/h3-7,10-11,13,17H,8-9H2,1-2H3. The molecule has 1 aromatic carbocycles. The van der Waals surface area contributed by atoms with Gasteiger partial charge in [0.1, 0.15) is 6.61 Å². The lowest BCUT2D eigenvalue weighted by atomic mass is 10.0. The fourth-order valence-corrected chi connectivity index (χ4v) is 2.19. The van der Waals surface area contributed by atoms with Crippen molar-refractivity contribution in [3.63, 3.8) is 0 Å². The molecule has 5 nitrogen and oxygen atoms in total. The number of rotatable bonds is 4. The van der Waals surface area contributed by atoms with Crippen molar-refractivity contribution < 1.29 is 19.4 Å². The van der Waals surface area contributed by atoms with E-state index in [4.69, 9.17) is 4.74 Å². The van der Waals surface area contributed by atoms with Crippen molar-refractivity contribution in [1.82, 2.24) is 4.90 Å². The lowest BCUT2D eigenvalue weighted by Gasteiger charge is -2.24. The fraction of sp³-hybridized carbons (Fsp3) is 0.467. The Kier molecular flexibility index (Phi) is 4.39. The van der Waals surface area contributed by atoms with E-state index in [0.29, 0.717) is 6.42 Å². The first-order chi connectivity index (χ1) is 9.50. The van der Waals surface area contributed by atoms with Gasteiger partial charge in [0.15, 0.2) is 0 Å². The van der Waals surface area contributed by atoms with E-state index in [1.807, 2.05) is 30.3 Å². The summed E-state index contributed by atoms with van der Waals surface area (Å²) in [4.78, 5) is 25.2. The summed E-state index contributed by atoms with van der Waals surface area (Å²) in [5, 5.41) is 9.51. The number of carbonyl (C=O) groups is 2. The maximum absolute atomic E-state index is 12.3. The average Bonchev–Trinajstić information content (AvgIpc) is 2.79. The van der Waals surface area contributed by atoms with Crippen LogP contribution in [0.3, 0.4) is 0 Å². The van der Waals surface area contributed by atoms with Crippen LogP contribution in [-0.4, -0.2) is 40.8 Å². The molecular weight excluding hydrogens is 258 g/mol. The quantitative estimate of drug-likeness (QED) is 0.907. The van der Waals surface area contributed by atoms with Crippen LogP contribution in [0.15, 0.2) is 30.3 Å². The molecule has 3 unspecified atom stereocenters. The molecule has 3 atom stereocenters. The number of imide groups is 1. The van der Waals surface area contributed by atoms with Crippen LogP contribution in [-0.2, 0) is 16.0 Å². The summed E-state index contributed by atoms with van der Waals surface area (Å²) in [5.74, 6) is -1.01. The van der Waals surface area contributed by atoms with Gasteiger partial charge in [0.2, 0.25) is 5.91 Å². The molecule has 0 bridgehead atoms. The summed E-state index contributed by atoms with van der Waals surface area (Å²) in [5.41, 5.74) is 1.04. The number of carbonyl (C=O) groups excluding carboxylic acids is 2. The van der Waals surface area contributed by atoms with Gasteiger partial charge >= 0.3 is 6.09 Å². The van der Waals surface area contributed by atoms with Gasteiger partial charge in [-0.3, -0.25) is 4.79 Å². The summed E-state index contributed by atoms with van der Waals surface area (Å²) < 4.78 is 4.99. The molecule has 1 saturated heterocycles. The van der Waals surface area contributed by atoms with Crippen molar-refractivity contribution in [3.8, 4) is 0 Å². The molecule has 0 radical (unpaired) electrons. The third-order valence-corrected chi connectivity index (χ3v) is 3.63. The highest BCUT2D eigenvalue weighted by atomic mass is 16.6. The Bertz CT molecular complexity index is 486. The van der Waals surface area contributed by atoms with Crippen LogP contribution >= 0.6 is 0 Å². The third kappa shape index (κ3) is 2.99. The second-order valence-electron chi connectivity index (χ2n) is 5.16. The molecule has 2 rings (SSSR count). The highest BCUT2D eigenvalue weighted by Crippen LogP contribution is 2.21. The fourth-order valence-electron chi connectivity index (χ4n) is 2.19. The minimum atomic E-state index is -0.798. The molecule has 20 heavy (non-hydrogen) atoms. The monoisotopic (exact) mass is 277 g/mol. The number of aliphatic hydroxyl groups is 1. The molecule has 0 aromatic heterocycles. The predicted octanol–water partition coefficient (Wildman–Crippen LogP) is 1.59. The number of ether oxygens (including phenoxy) is 1. The van der Waals surface area contributed by atoms with Gasteiger partial charge in [0, 0.05) is 0 Å². The molecule has 108 valence electrons. The van der Waals surface area contributed by atoms with E-state index in [2.05, 4.69) is 0 Å². The largest absolute Gasteiger partial charge is 0.447 e. The number of cyclic esters (lactones) is 1. The zero-order chi connectivity index (χ0) is 14.7. The van der Waals surface area contributed by atoms with E-state index in [1.165, 1.54) is 6.92 Å². The molecule has 1 aromatic rings. The number of hydrogen-bond acceptors (Lipinski definition) is 4. The molecule has 0 aliphatic carbocycles. The second-order valence-corrected chi connectivity index (χ2v) is 5.16. The minimum absolute atomic E-state index is 0.200. The Morgan fingerprint density at radius 2 is 2.05 bits per heavy atom. The van der Waals surface area contributed by atoms with Crippen molar-refractivity contribution in [2.45, 2.75) is 32.4 Å². The van der Waals surface area contributed by atoms with Crippen LogP contribution in [0, 0.1) is 5.92 Å². The molecule has 5 heteroatoms. The molecule has 2 amide bonds. The minimum Gasteiger partial charge on any atom is -0.447 e. The highest BCUT2D eigenvalue weighted by molar-refractivity contribution is 5.94. The van der Waals surface area contributed by atoms with Crippen LogP contribution in [0.2, 0.25) is 0 Å². The molecule has 1 aliphatic rings. The highest BCUT2D eigenvalue weighted by Gasteiger charge is 2.40. The van der Waals surface area contributed by atoms with E-state index >= 15 is 0 Å². The van der Waals surface area contributed by atoms with E-state index < -0.39 is 18.1 Å². The lowest BCUT2D eigenvalue weighted by Crippen LogP contribution is -2.45. The van der Waals surface area contributed by atoms with Crippen LogP contribution in [0.4, 0.5) is 4.79 Å². The van der Waals surface area contributed by atoms with E-state index in [-0.39, 0.29) is 18.6 Å². The number of aliphatic hydroxyl groups excluding tert-OH is 1. The maximum Gasteiger partial charge on any atom is 0.416 e. The van der Waals surface area contributed by atoms with Gasteiger partial charge in [-0.1, -0.05) is 37.3 Å². The first-order valence-electron chi connectivity index (χ1n) is 6.72. The average molecular weight is 277 g/mol. The van der Waals surface area contributed by atoms with E-state index in [1.54, 1.807) is 6.92 Å². The van der Waals surface area contributed by atoms with Gasteiger partial charge < -0.3 is 9.84 Å². The maximum atomic E-state index is 12.3. The molecule has 0 spiro atoms. The number of benzene rings is 1. The van der Waals surface area contributed by atoms with Crippen molar-refractivity contribution in [2.75, 3.05) is 6.61 Å².